The van der Waals surface area contributed by atoms with E-state index in [1.54, 1.807) is 18.2 Å². The number of rotatable bonds is 6. The summed E-state index contributed by atoms with van der Waals surface area (Å²) in [6, 6.07) is 8.65. The number of alkyl halides is 3. The summed E-state index contributed by atoms with van der Waals surface area (Å²) in [6.07, 6.45) is -2.19. The molecule has 0 bridgehead atoms. The zero-order valence-corrected chi connectivity index (χ0v) is 16.1. The zero-order chi connectivity index (χ0) is 22.0. The van der Waals surface area contributed by atoms with E-state index in [1.807, 2.05) is 0 Å². The van der Waals surface area contributed by atoms with Gasteiger partial charge >= 0.3 is 6.36 Å². The lowest BCUT2D eigenvalue weighted by Gasteiger charge is -2.12. The summed E-state index contributed by atoms with van der Waals surface area (Å²) in [4.78, 5) is 3.85. The van der Waals surface area contributed by atoms with Crippen LogP contribution in [0.1, 0.15) is 0 Å². The number of benzene rings is 2. The van der Waals surface area contributed by atoms with Crippen molar-refractivity contribution in [1.29, 1.82) is 0 Å². The smallest absolute Gasteiger partial charge is 0.493 e. The van der Waals surface area contributed by atoms with Crippen LogP contribution in [-0.2, 0) is 0 Å². The molecule has 0 aliphatic rings. The fraction of sp³-hybridized carbons (Fsp3) is 0.158. The standard InChI is InChI=1S/C19H14F3N5O4/c1-28-15-6-3-11(7-16(15)29-2)17-25-26-18(30-17)13-8-12(31-19(20,21)22)4-5-14(13)27-10-23-9-24-27/h3-10H,1-2H3. The average Bonchev–Trinajstić information content (AvgIpc) is 3.44. The van der Waals surface area contributed by atoms with Gasteiger partial charge in [0, 0.05) is 5.56 Å². The van der Waals surface area contributed by atoms with Crippen molar-refractivity contribution < 1.29 is 31.8 Å². The van der Waals surface area contributed by atoms with Gasteiger partial charge in [-0.25, -0.2) is 9.67 Å². The number of aromatic nitrogens is 5. The molecular weight excluding hydrogens is 419 g/mol. The van der Waals surface area contributed by atoms with Gasteiger partial charge in [-0.2, -0.15) is 5.10 Å². The van der Waals surface area contributed by atoms with E-state index in [2.05, 4.69) is 25.0 Å². The van der Waals surface area contributed by atoms with Gasteiger partial charge < -0.3 is 18.6 Å². The summed E-state index contributed by atoms with van der Waals surface area (Å²) in [5.41, 5.74) is 1.07. The Morgan fingerprint density at radius 2 is 1.71 bits per heavy atom. The van der Waals surface area contributed by atoms with Gasteiger partial charge in [0.15, 0.2) is 11.5 Å². The number of halogens is 3. The molecular formula is C19H14F3N5O4. The monoisotopic (exact) mass is 433 g/mol. The molecule has 0 N–H and O–H groups in total. The predicted octanol–water partition coefficient (Wildman–Crippen LogP) is 3.90. The Morgan fingerprint density at radius 1 is 0.935 bits per heavy atom. The van der Waals surface area contributed by atoms with E-state index >= 15 is 0 Å². The van der Waals surface area contributed by atoms with Crippen LogP contribution in [-0.4, -0.2) is 45.5 Å². The molecule has 4 aromatic rings. The third-order valence-corrected chi connectivity index (χ3v) is 4.15. The lowest BCUT2D eigenvalue weighted by Crippen LogP contribution is -2.17. The van der Waals surface area contributed by atoms with E-state index in [0.29, 0.717) is 22.7 Å². The van der Waals surface area contributed by atoms with Gasteiger partial charge in [-0.1, -0.05) is 0 Å². The SMILES string of the molecule is COc1ccc(-c2nnc(-c3cc(OC(F)(F)F)ccc3-n3cncn3)o2)cc1OC. The van der Waals surface area contributed by atoms with Gasteiger partial charge in [-0.15, -0.1) is 23.4 Å². The van der Waals surface area contributed by atoms with Gasteiger partial charge in [0.1, 0.15) is 18.4 Å². The Bertz CT molecular complexity index is 1190. The maximum absolute atomic E-state index is 12.7. The molecule has 0 atom stereocenters. The van der Waals surface area contributed by atoms with Crippen molar-refractivity contribution in [2.45, 2.75) is 6.36 Å². The van der Waals surface area contributed by atoms with E-state index in [0.717, 1.165) is 12.1 Å². The third kappa shape index (κ3) is 4.27. The van der Waals surface area contributed by atoms with Gasteiger partial charge in [-0.05, 0) is 36.4 Å². The molecule has 31 heavy (non-hydrogen) atoms. The highest BCUT2D eigenvalue weighted by atomic mass is 19.4. The molecule has 4 rings (SSSR count). The first kappa shape index (κ1) is 20.2. The molecule has 0 spiro atoms. The van der Waals surface area contributed by atoms with Crippen LogP contribution in [0.5, 0.6) is 17.2 Å². The van der Waals surface area contributed by atoms with Crippen LogP contribution in [0.4, 0.5) is 13.2 Å². The first-order chi connectivity index (χ1) is 14.9. The normalized spacial score (nSPS) is 11.4. The van der Waals surface area contributed by atoms with E-state index in [9.17, 15) is 13.2 Å². The highest BCUT2D eigenvalue weighted by Gasteiger charge is 2.31. The molecule has 0 fully saturated rings. The highest BCUT2D eigenvalue weighted by Crippen LogP contribution is 2.35. The second-order valence-electron chi connectivity index (χ2n) is 6.05. The van der Waals surface area contributed by atoms with Crippen LogP contribution in [0.15, 0.2) is 53.5 Å². The first-order valence-electron chi connectivity index (χ1n) is 8.69. The number of hydrogen-bond donors (Lipinski definition) is 0. The largest absolute Gasteiger partial charge is 0.573 e. The Balaban J connectivity index is 1.77. The summed E-state index contributed by atoms with van der Waals surface area (Å²) >= 11 is 0. The van der Waals surface area contributed by atoms with E-state index in [-0.39, 0.29) is 17.3 Å². The van der Waals surface area contributed by atoms with Crippen molar-refractivity contribution in [3.05, 3.63) is 49.1 Å². The molecule has 0 amide bonds. The van der Waals surface area contributed by atoms with Gasteiger partial charge in [-0.3, -0.25) is 0 Å². The van der Waals surface area contributed by atoms with Crippen LogP contribution in [0.25, 0.3) is 28.6 Å². The molecule has 2 aromatic carbocycles. The minimum atomic E-state index is -4.86. The third-order valence-electron chi connectivity index (χ3n) is 4.15. The Kier molecular flexibility index (Phi) is 5.19. The maximum atomic E-state index is 12.7. The van der Waals surface area contributed by atoms with Crippen molar-refractivity contribution >= 4 is 0 Å². The fourth-order valence-electron chi connectivity index (χ4n) is 2.83. The number of ether oxygens (including phenoxy) is 3. The lowest BCUT2D eigenvalue weighted by molar-refractivity contribution is -0.274. The molecule has 0 aliphatic heterocycles. The second-order valence-corrected chi connectivity index (χ2v) is 6.05. The van der Waals surface area contributed by atoms with Crippen LogP contribution in [0, 0.1) is 0 Å². The molecule has 2 heterocycles. The van der Waals surface area contributed by atoms with Gasteiger partial charge in [0.25, 0.3) is 0 Å². The molecule has 2 aromatic heterocycles. The van der Waals surface area contributed by atoms with E-state index < -0.39 is 12.1 Å². The van der Waals surface area contributed by atoms with Crippen molar-refractivity contribution in [2.24, 2.45) is 0 Å². The van der Waals surface area contributed by atoms with Crippen LogP contribution in [0.2, 0.25) is 0 Å². The molecule has 160 valence electrons. The van der Waals surface area contributed by atoms with Crippen LogP contribution >= 0.6 is 0 Å². The summed E-state index contributed by atoms with van der Waals surface area (Å²) in [6.45, 7) is 0. The lowest BCUT2D eigenvalue weighted by atomic mass is 10.1. The Hall–Kier alpha value is -4.09. The molecule has 0 aliphatic carbocycles. The summed E-state index contributed by atoms with van der Waals surface area (Å²) in [5, 5.41) is 12.0. The summed E-state index contributed by atoms with van der Waals surface area (Å²) < 4.78 is 59.6. The Morgan fingerprint density at radius 3 is 2.39 bits per heavy atom. The van der Waals surface area contributed by atoms with Crippen molar-refractivity contribution in [2.75, 3.05) is 14.2 Å². The van der Waals surface area contributed by atoms with Crippen molar-refractivity contribution in [1.82, 2.24) is 25.0 Å². The van der Waals surface area contributed by atoms with Gasteiger partial charge in [0.2, 0.25) is 11.8 Å². The highest BCUT2D eigenvalue weighted by molar-refractivity contribution is 5.69. The number of hydrogen-bond acceptors (Lipinski definition) is 8. The zero-order valence-electron chi connectivity index (χ0n) is 16.1. The Labute approximate surface area is 173 Å². The number of methoxy groups -OCH3 is 2. The number of nitrogens with zero attached hydrogens (tertiary/aromatic N) is 5. The van der Waals surface area contributed by atoms with Crippen molar-refractivity contribution in [3.63, 3.8) is 0 Å². The first-order valence-corrected chi connectivity index (χ1v) is 8.69. The molecule has 9 nitrogen and oxygen atoms in total. The molecule has 0 saturated heterocycles. The summed E-state index contributed by atoms with van der Waals surface area (Å²) in [5.74, 6) is 0.600. The van der Waals surface area contributed by atoms with Crippen LogP contribution in [0.3, 0.4) is 0 Å². The van der Waals surface area contributed by atoms with E-state index in [1.165, 1.54) is 37.6 Å². The van der Waals surface area contributed by atoms with Crippen molar-refractivity contribution in [3.8, 4) is 45.8 Å². The average molecular weight is 433 g/mol. The van der Waals surface area contributed by atoms with Gasteiger partial charge in [0.05, 0.1) is 25.5 Å². The fourth-order valence-corrected chi connectivity index (χ4v) is 2.83. The molecule has 0 saturated carbocycles. The molecule has 0 unspecified atom stereocenters. The quantitative estimate of drug-likeness (QED) is 0.452. The molecule has 12 heteroatoms. The maximum Gasteiger partial charge on any atom is 0.573 e. The second kappa shape index (κ2) is 7.97. The summed E-state index contributed by atoms with van der Waals surface area (Å²) in [7, 11) is 2.99. The van der Waals surface area contributed by atoms with Crippen LogP contribution < -0.4 is 14.2 Å². The minimum absolute atomic E-state index is 0.0390. The minimum Gasteiger partial charge on any atom is -0.493 e. The topological polar surface area (TPSA) is 97.3 Å². The predicted molar refractivity (Wildman–Crippen MR) is 99.9 cm³/mol. The van der Waals surface area contributed by atoms with E-state index in [4.69, 9.17) is 13.9 Å². The molecule has 0 radical (unpaired) electrons.